The largest absolute Gasteiger partial charge is 0.456 e. The van der Waals surface area contributed by atoms with Crippen LogP contribution < -0.4 is 54.6 Å². The molecule has 0 aliphatic heterocycles. The van der Waals surface area contributed by atoms with Crippen LogP contribution >= 0.6 is 0 Å². The number of para-hydroxylation sites is 1. The third-order valence-electron chi connectivity index (χ3n) is 11.2. The van der Waals surface area contributed by atoms with Gasteiger partial charge in [-0.25, -0.2) is 15.0 Å². The fourth-order valence-corrected chi connectivity index (χ4v) is 8.10. The molecule has 60 heavy (non-hydrogen) atoms. The van der Waals surface area contributed by atoms with Crippen LogP contribution in [0.15, 0.2) is 114 Å². The molecule has 0 atom stereocenters. The molecule has 10 aromatic rings. The summed E-state index contributed by atoms with van der Waals surface area (Å²) in [6, 6.07) is 37.0. The zero-order valence-corrected chi connectivity index (χ0v) is 31.9. The standard InChI is InChI=1S/C45H18B10N4O/c46-33-31(34(47)38(51)41(54)37(33)50)44-56-43(57-45(58-44)32-35(48)39(52)42(55)40(53)36(32)49)24-10-6-12-28-30(24)23-15-14-21(18-29(23)60-28)59-26-11-5-4-9-22(26)25-17-20(13-16-27(25)59)19-7-2-1-3-8-19/h1-18H. The summed E-state index contributed by atoms with van der Waals surface area (Å²) >= 11 is 0. The van der Waals surface area contributed by atoms with Gasteiger partial charge in [0, 0.05) is 50.0 Å². The van der Waals surface area contributed by atoms with E-state index in [2.05, 4.69) is 59.2 Å². The molecule has 3 aromatic heterocycles. The van der Waals surface area contributed by atoms with Crippen molar-refractivity contribution in [3.8, 4) is 51.0 Å². The molecule has 0 saturated heterocycles. The van der Waals surface area contributed by atoms with Crippen LogP contribution in [0.1, 0.15) is 0 Å². The lowest BCUT2D eigenvalue weighted by Gasteiger charge is -2.22. The van der Waals surface area contributed by atoms with E-state index < -0.39 is 0 Å². The molecular formula is C45H18B10N4O. The molecule has 7 aromatic carbocycles. The number of benzene rings is 7. The number of hydrogen-bond acceptors (Lipinski definition) is 4. The smallest absolute Gasteiger partial charge is 0.164 e. The topological polar surface area (TPSA) is 56.7 Å². The Labute approximate surface area is 359 Å². The zero-order valence-electron chi connectivity index (χ0n) is 31.9. The van der Waals surface area contributed by atoms with Gasteiger partial charge in [-0.05, 0) is 47.5 Å². The Hall–Kier alpha value is -6.20. The minimum atomic E-state index is 0.00467. The second kappa shape index (κ2) is 14.2. The van der Waals surface area contributed by atoms with E-state index in [0.29, 0.717) is 16.7 Å². The average Bonchev–Trinajstić information content (AvgIpc) is 3.81. The summed E-state index contributed by atoms with van der Waals surface area (Å²) in [5, 5.41) is 3.80. The summed E-state index contributed by atoms with van der Waals surface area (Å²) in [5.41, 5.74) is 7.55. The van der Waals surface area contributed by atoms with Crippen molar-refractivity contribution in [2.24, 2.45) is 0 Å². The molecule has 20 radical (unpaired) electrons. The highest BCUT2D eigenvalue weighted by atomic mass is 16.3. The summed E-state index contributed by atoms with van der Waals surface area (Å²) in [6.07, 6.45) is 0. The molecule has 254 valence electrons. The van der Waals surface area contributed by atoms with Gasteiger partial charge in [0.05, 0.1) is 11.0 Å². The summed E-state index contributed by atoms with van der Waals surface area (Å²) in [5.74, 6) is 0.194. The van der Waals surface area contributed by atoms with E-state index in [1.165, 1.54) is 0 Å². The maximum Gasteiger partial charge on any atom is 0.164 e. The van der Waals surface area contributed by atoms with Crippen molar-refractivity contribution in [1.29, 1.82) is 0 Å². The van der Waals surface area contributed by atoms with Crippen molar-refractivity contribution in [3.05, 3.63) is 109 Å². The first-order valence-electron chi connectivity index (χ1n) is 18.8. The first-order chi connectivity index (χ1) is 28.9. The van der Waals surface area contributed by atoms with E-state index in [0.717, 1.165) is 49.4 Å². The second-order valence-corrected chi connectivity index (χ2v) is 14.6. The van der Waals surface area contributed by atoms with E-state index in [4.69, 9.17) is 97.8 Å². The predicted molar refractivity (Wildman–Crippen MR) is 257 cm³/mol. The van der Waals surface area contributed by atoms with Crippen molar-refractivity contribution in [3.63, 3.8) is 0 Å². The van der Waals surface area contributed by atoms with Crippen LogP contribution in [0.5, 0.6) is 0 Å². The van der Waals surface area contributed by atoms with Gasteiger partial charge in [0.2, 0.25) is 0 Å². The van der Waals surface area contributed by atoms with Crippen LogP contribution in [0.2, 0.25) is 0 Å². The molecule has 15 heteroatoms. The number of nitrogens with zero attached hydrogens (tertiary/aromatic N) is 4. The summed E-state index contributed by atoms with van der Waals surface area (Å²) in [7, 11) is 63.6. The lowest BCUT2D eigenvalue weighted by Crippen LogP contribution is -2.55. The zero-order chi connectivity index (χ0) is 41.7. The highest BCUT2D eigenvalue weighted by molar-refractivity contribution is 6.70. The van der Waals surface area contributed by atoms with E-state index in [9.17, 15) is 0 Å². The van der Waals surface area contributed by atoms with Crippen LogP contribution in [0, 0.1) is 0 Å². The van der Waals surface area contributed by atoms with Gasteiger partial charge >= 0.3 is 0 Å². The summed E-state index contributed by atoms with van der Waals surface area (Å²) in [4.78, 5) is 14.5. The number of aromatic nitrogens is 4. The molecule has 0 spiro atoms. The van der Waals surface area contributed by atoms with Crippen LogP contribution in [0.3, 0.4) is 0 Å². The third kappa shape index (κ3) is 5.73. The molecule has 0 saturated carbocycles. The fraction of sp³-hybridized carbons (Fsp3) is 0. The van der Waals surface area contributed by atoms with Crippen LogP contribution in [0.4, 0.5) is 0 Å². The normalized spacial score (nSPS) is 11.7. The Kier molecular flexibility index (Phi) is 9.02. The number of hydrogen-bond donors (Lipinski definition) is 0. The summed E-state index contributed by atoms with van der Waals surface area (Å²) < 4.78 is 8.84. The molecule has 0 bridgehead atoms. The second-order valence-electron chi connectivity index (χ2n) is 14.6. The molecule has 0 aliphatic carbocycles. The first-order valence-corrected chi connectivity index (χ1v) is 18.8. The van der Waals surface area contributed by atoms with E-state index in [1.54, 1.807) is 0 Å². The molecule has 0 N–H and O–H groups in total. The van der Waals surface area contributed by atoms with Crippen molar-refractivity contribution in [2.75, 3.05) is 0 Å². The fourth-order valence-electron chi connectivity index (χ4n) is 8.10. The van der Waals surface area contributed by atoms with Gasteiger partial charge < -0.3 is 8.98 Å². The molecule has 0 unspecified atom stereocenters. The summed E-state index contributed by atoms with van der Waals surface area (Å²) in [6.45, 7) is 0. The van der Waals surface area contributed by atoms with Gasteiger partial charge in [0.15, 0.2) is 17.5 Å². The van der Waals surface area contributed by atoms with E-state index in [1.807, 2.05) is 54.6 Å². The average molecular weight is 739 g/mol. The number of furan rings is 1. The van der Waals surface area contributed by atoms with E-state index >= 15 is 0 Å². The molecule has 0 fully saturated rings. The minimum Gasteiger partial charge on any atom is -0.456 e. The SMILES string of the molecule is [B]c1c([B])c([B])c(-c2nc(-c3c([B])c([B])c([B])c([B])c3[B])nc(-c3cccc4oc5cc(-n6c7ccccc7c7cc(-c8ccccc8)ccc76)ccc5c34)n2)c([B])c1[B]. The molecule has 10 rings (SSSR count). The highest BCUT2D eigenvalue weighted by Gasteiger charge is 2.23. The maximum absolute atomic E-state index is 6.59. The highest BCUT2D eigenvalue weighted by Crippen LogP contribution is 2.39. The van der Waals surface area contributed by atoms with Crippen molar-refractivity contribution in [1.82, 2.24) is 19.5 Å². The Morgan fingerprint density at radius 1 is 0.383 bits per heavy atom. The quantitative estimate of drug-likeness (QED) is 0.223. The number of fused-ring (bicyclic) bond motifs is 6. The van der Waals surface area contributed by atoms with Crippen molar-refractivity contribution in [2.45, 2.75) is 0 Å². The number of rotatable bonds is 5. The Morgan fingerprint density at radius 3 is 1.57 bits per heavy atom. The van der Waals surface area contributed by atoms with Gasteiger partial charge in [-0.15, -0.1) is 32.8 Å². The predicted octanol–water partition coefficient (Wildman–Crippen LogP) is -0.526. The molecule has 0 aliphatic rings. The van der Waals surface area contributed by atoms with Gasteiger partial charge in [0.1, 0.15) is 89.6 Å². The monoisotopic (exact) mass is 740 g/mol. The minimum absolute atomic E-state index is 0.00467. The molecule has 3 heterocycles. The van der Waals surface area contributed by atoms with Crippen LogP contribution in [-0.2, 0) is 0 Å². The van der Waals surface area contributed by atoms with Crippen molar-refractivity contribution < 1.29 is 4.42 Å². The molecular weight excluding hydrogens is 721 g/mol. The van der Waals surface area contributed by atoms with Gasteiger partial charge in [-0.1, -0.05) is 88.6 Å². The molecule has 5 nitrogen and oxygen atoms in total. The third-order valence-corrected chi connectivity index (χ3v) is 11.2. The lowest BCUT2D eigenvalue weighted by molar-refractivity contribution is 0.668. The van der Waals surface area contributed by atoms with Gasteiger partial charge in [-0.2, -0.15) is 0 Å². The Bertz CT molecular complexity index is 3310. The Balaban J connectivity index is 1.20. The maximum atomic E-state index is 6.59. The van der Waals surface area contributed by atoms with Gasteiger partial charge in [-0.3, -0.25) is 0 Å². The van der Waals surface area contributed by atoms with Crippen molar-refractivity contribution >= 4 is 177 Å². The van der Waals surface area contributed by atoms with E-state index in [-0.39, 0.29) is 83.2 Å². The lowest BCUT2D eigenvalue weighted by atomic mass is 9.60. The van der Waals surface area contributed by atoms with Crippen LogP contribution in [0.25, 0.3) is 94.7 Å². The Morgan fingerprint density at radius 2 is 0.933 bits per heavy atom. The first kappa shape index (κ1) is 38.0. The van der Waals surface area contributed by atoms with Gasteiger partial charge in [0.25, 0.3) is 0 Å². The van der Waals surface area contributed by atoms with Crippen LogP contribution in [-0.4, -0.2) is 98.0 Å². The molecule has 0 amide bonds.